The van der Waals surface area contributed by atoms with Gasteiger partial charge in [-0.3, -0.25) is 9.59 Å². The van der Waals surface area contributed by atoms with Crippen LogP contribution in [0.4, 0.5) is 4.39 Å². The summed E-state index contributed by atoms with van der Waals surface area (Å²) in [4.78, 5) is 28.0. The average Bonchev–Trinajstić information content (AvgIpc) is 2.89. The molecule has 0 atom stereocenters. The van der Waals surface area contributed by atoms with Crippen molar-refractivity contribution >= 4 is 22.8 Å². The van der Waals surface area contributed by atoms with Gasteiger partial charge in [-0.25, -0.2) is 4.39 Å². The van der Waals surface area contributed by atoms with Gasteiger partial charge in [0.1, 0.15) is 5.82 Å². The summed E-state index contributed by atoms with van der Waals surface area (Å²) in [6.45, 7) is 0.930. The predicted molar refractivity (Wildman–Crippen MR) is 78.9 cm³/mol. The summed E-state index contributed by atoms with van der Waals surface area (Å²) in [7, 11) is 0. The largest absolute Gasteiger partial charge is 0.481 e. The molecule has 0 radical (unpaired) electrons. The highest BCUT2D eigenvalue weighted by molar-refractivity contribution is 5.89. The number of benzene rings is 1. The quantitative estimate of drug-likeness (QED) is 0.912. The summed E-state index contributed by atoms with van der Waals surface area (Å²) in [5, 5.41) is 9.69. The van der Waals surface area contributed by atoms with Gasteiger partial charge < -0.3 is 15.0 Å². The molecule has 2 N–H and O–H groups in total. The Bertz CT molecular complexity index is 717. The zero-order valence-corrected chi connectivity index (χ0v) is 12.0. The first kappa shape index (κ1) is 14.6. The molecule has 1 fully saturated rings. The third kappa shape index (κ3) is 2.81. The Morgan fingerprint density at radius 2 is 2.05 bits per heavy atom. The molecule has 6 heteroatoms. The molecule has 0 spiro atoms. The molecule has 1 aliphatic rings. The maximum absolute atomic E-state index is 13.3. The number of fused-ring (bicyclic) bond motifs is 1. The highest BCUT2D eigenvalue weighted by Crippen LogP contribution is 2.22. The van der Waals surface area contributed by atoms with Gasteiger partial charge >= 0.3 is 5.97 Å². The Hall–Kier alpha value is -2.37. The van der Waals surface area contributed by atoms with E-state index in [0.717, 1.165) is 11.1 Å². The number of piperidine rings is 1. The van der Waals surface area contributed by atoms with Gasteiger partial charge in [0.05, 0.1) is 12.3 Å². The first-order valence-electron chi connectivity index (χ1n) is 7.30. The Morgan fingerprint density at radius 3 is 2.73 bits per heavy atom. The molecule has 0 unspecified atom stereocenters. The highest BCUT2D eigenvalue weighted by Gasteiger charge is 2.27. The van der Waals surface area contributed by atoms with E-state index in [1.54, 1.807) is 17.2 Å². The number of nitrogens with zero attached hydrogens (tertiary/aromatic N) is 1. The second kappa shape index (κ2) is 5.79. The highest BCUT2D eigenvalue weighted by atomic mass is 19.1. The number of halogens is 1. The van der Waals surface area contributed by atoms with Crippen molar-refractivity contribution in [3.05, 3.63) is 35.8 Å². The molecule has 116 valence electrons. The molecule has 1 aromatic carbocycles. The summed E-state index contributed by atoms with van der Waals surface area (Å²) in [5.74, 6) is -1.53. The molecule has 5 nitrogen and oxygen atoms in total. The molecular weight excluding hydrogens is 287 g/mol. The maximum atomic E-state index is 13.3. The number of hydrogen-bond acceptors (Lipinski definition) is 2. The molecule has 1 aliphatic heterocycles. The number of carboxylic acids is 1. The third-order valence-corrected chi connectivity index (χ3v) is 4.27. The molecule has 3 rings (SSSR count). The fourth-order valence-electron chi connectivity index (χ4n) is 2.95. The van der Waals surface area contributed by atoms with Gasteiger partial charge in [0.15, 0.2) is 0 Å². The lowest BCUT2D eigenvalue weighted by Gasteiger charge is -2.30. The van der Waals surface area contributed by atoms with Crippen molar-refractivity contribution in [2.75, 3.05) is 13.1 Å². The number of aromatic nitrogens is 1. The van der Waals surface area contributed by atoms with Gasteiger partial charge in [0.2, 0.25) is 5.91 Å². The molecule has 0 bridgehead atoms. The second-order valence-electron chi connectivity index (χ2n) is 5.67. The van der Waals surface area contributed by atoms with Crippen molar-refractivity contribution in [1.29, 1.82) is 0 Å². The fraction of sp³-hybridized carbons (Fsp3) is 0.375. The monoisotopic (exact) mass is 304 g/mol. The summed E-state index contributed by atoms with van der Waals surface area (Å²) in [6, 6.07) is 4.45. The Labute approximate surface area is 126 Å². The molecule has 22 heavy (non-hydrogen) atoms. The van der Waals surface area contributed by atoms with Crippen LogP contribution in [-0.4, -0.2) is 40.0 Å². The molecular formula is C16H17FN2O3. The van der Waals surface area contributed by atoms with Crippen LogP contribution >= 0.6 is 0 Å². The zero-order valence-electron chi connectivity index (χ0n) is 12.0. The average molecular weight is 304 g/mol. The predicted octanol–water partition coefficient (Wildman–Crippen LogP) is 2.17. The van der Waals surface area contributed by atoms with E-state index >= 15 is 0 Å². The number of aliphatic carboxylic acids is 1. The van der Waals surface area contributed by atoms with Gasteiger partial charge in [-0.05, 0) is 36.6 Å². The van der Waals surface area contributed by atoms with Crippen LogP contribution in [0.15, 0.2) is 24.4 Å². The summed E-state index contributed by atoms with van der Waals surface area (Å²) >= 11 is 0. The van der Waals surface area contributed by atoms with Crippen LogP contribution in [0.5, 0.6) is 0 Å². The van der Waals surface area contributed by atoms with E-state index in [1.807, 2.05) is 0 Å². The Morgan fingerprint density at radius 1 is 1.32 bits per heavy atom. The van der Waals surface area contributed by atoms with E-state index < -0.39 is 5.97 Å². The van der Waals surface area contributed by atoms with E-state index in [-0.39, 0.29) is 24.1 Å². The normalized spacial score (nSPS) is 16.1. The van der Waals surface area contributed by atoms with Gasteiger partial charge in [-0.2, -0.15) is 0 Å². The number of rotatable bonds is 3. The lowest BCUT2D eigenvalue weighted by molar-refractivity contribution is -0.145. The van der Waals surface area contributed by atoms with Crippen molar-refractivity contribution in [2.45, 2.75) is 19.3 Å². The first-order chi connectivity index (χ1) is 10.5. The van der Waals surface area contributed by atoms with Crippen molar-refractivity contribution in [3.8, 4) is 0 Å². The second-order valence-corrected chi connectivity index (χ2v) is 5.67. The number of aromatic amines is 1. The van der Waals surface area contributed by atoms with Crippen LogP contribution in [0.2, 0.25) is 0 Å². The van der Waals surface area contributed by atoms with Crippen LogP contribution in [0.1, 0.15) is 18.4 Å². The SMILES string of the molecule is O=C(O)C1CCN(C(=O)Cc2c[nH]c3ccc(F)cc23)CC1. The minimum atomic E-state index is -0.792. The number of hydrogen-bond donors (Lipinski definition) is 2. The van der Waals surface area contributed by atoms with Gasteiger partial charge in [0, 0.05) is 30.2 Å². The minimum Gasteiger partial charge on any atom is -0.481 e. The summed E-state index contributed by atoms with van der Waals surface area (Å²) < 4.78 is 13.3. The first-order valence-corrected chi connectivity index (χ1v) is 7.30. The molecule has 1 amide bonds. The standard InChI is InChI=1S/C16H17FN2O3/c17-12-1-2-14-13(8-12)11(9-18-14)7-15(20)19-5-3-10(4-6-19)16(21)22/h1-2,8-10,18H,3-7H2,(H,21,22). The van der Waals surface area contributed by atoms with E-state index in [0.29, 0.717) is 31.3 Å². The number of amides is 1. The summed E-state index contributed by atoms with van der Waals surface area (Å²) in [5.41, 5.74) is 1.56. The van der Waals surface area contributed by atoms with E-state index in [1.165, 1.54) is 12.1 Å². The number of H-pyrrole nitrogens is 1. The number of carboxylic acid groups (broad SMARTS) is 1. The van der Waals surface area contributed by atoms with Gasteiger partial charge in [-0.1, -0.05) is 0 Å². The van der Waals surface area contributed by atoms with Crippen molar-refractivity contribution in [3.63, 3.8) is 0 Å². The zero-order chi connectivity index (χ0) is 15.7. The lowest BCUT2D eigenvalue weighted by atomic mass is 9.96. The summed E-state index contributed by atoms with van der Waals surface area (Å²) in [6.07, 6.45) is 2.90. The minimum absolute atomic E-state index is 0.0472. The Balaban J connectivity index is 1.69. The molecule has 0 saturated carbocycles. The van der Waals surface area contributed by atoms with Crippen LogP contribution in [0.25, 0.3) is 10.9 Å². The van der Waals surface area contributed by atoms with Gasteiger partial charge in [0.25, 0.3) is 0 Å². The number of nitrogens with one attached hydrogen (secondary N) is 1. The van der Waals surface area contributed by atoms with Crippen LogP contribution in [0, 0.1) is 11.7 Å². The number of likely N-dealkylation sites (tertiary alicyclic amines) is 1. The van der Waals surface area contributed by atoms with Crippen LogP contribution in [0.3, 0.4) is 0 Å². The number of carbonyl (C=O) groups is 2. The van der Waals surface area contributed by atoms with Crippen molar-refractivity contribution < 1.29 is 19.1 Å². The van der Waals surface area contributed by atoms with Crippen LogP contribution in [-0.2, 0) is 16.0 Å². The number of carbonyl (C=O) groups excluding carboxylic acids is 1. The lowest BCUT2D eigenvalue weighted by Crippen LogP contribution is -2.40. The molecule has 1 aromatic heterocycles. The smallest absolute Gasteiger partial charge is 0.306 e. The molecule has 2 aromatic rings. The van der Waals surface area contributed by atoms with Crippen molar-refractivity contribution in [1.82, 2.24) is 9.88 Å². The van der Waals surface area contributed by atoms with E-state index in [9.17, 15) is 14.0 Å². The van der Waals surface area contributed by atoms with E-state index in [2.05, 4.69) is 4.98 Å². The van der Waals surface area contributed by atoms with Crippen molar-refractivity contribution in [2.24, 2.45) is 5.92 Å². The molecule has 2 heterocycles. The maximum Gasteiger partial charge on any atom is 0.306 e. The topological polar surface area (TPSA) is 73.4 Å². The fourth-order valence-corrected chi connectivity index (χ4v) is 2.95. The van der Waals surface area contributed by atoms with E-state index in [4.69, 9.17) is 5.11 Å². The Kier molecular flexibility index (Phi) is 3.83. The molecule has 1 saturated heterocycles. The van der Waals surface area contributed by atoms with Crippen LogP contribution < -0.4 is 0 Å². The molecule has 0 aliphatic carbocycles. The third-order valence-electron chi connectivity index (χ3n) is 4.27. The van der Waals surface area contributed by atoms with Gasteiger partial charge in [-0.15, -0.1) is 0 Å².